The van der Waals surface area contributed by atoms with Crippen molar-refractivity contribution in [2.24, 2.45) is 0 Å². The molecular formula is C22H31N3O3S2. The fourth-order valence-electron chi connectivity index (χ4n) is 3.52. The lowest BCUT2D eigenvalue weighted by Crippen LogP contribution is -2.51. The molecule has 0 bridgehead atoms. The summed E-state index contributed by atoms with van der Waals surface area (Å²) in [6, 6.07) is 11.3. The second kappa shape index (κ2) is 10.5. The maximum Gasteiger partial charge on any atom is 0.243 e. The molecule has 1 unspecified atom stereocenters. The highest BCUT2D eigenvalue weighted by atomic mass is 32.2. The number of thiophene rings is 1. The zero-order valence-electron chi connectivity index (χ0n) is 17.7. The van der Waals surface area contributed by atoms with Gasteiger partial charge in [0.25, 0.3) is 0 Å². The van der Waals surface area contributed by atoms with Crippen LogP contribution in [0.5, 0.6) is 0 Å². The van der Waals surface area contributed by atoms with Crippen molar-refractivity contribution in [1.82, 2.24) is 14.5 Å². The summed E-state index contributed by atoms with van der Waals surface area (Å²) in [4.78, 5) is 15.8. The summed E-state index contributed by atoms with van der Waals surface area (Å²) in [5.41, 5.74) is 1.16. The van der Waals surface area contributed by atoms with Crippen LogP contribution < -0.4 is 5.32 Å². The van der Waals surface area contributed by atoms with Crippen molar-refractivity contribution in [3.8, 4) is 0 Å². The van der Waals surface area contributed by atoms with Gasteiger partial charge in [0.15, 0.2) is 0 Å². The minimum absolute atomic E-state index is 0.0107. The molecule has 3 rings (SSSR count). The van der Waals surface area contributed by atoms with Gasteiger partial charge in [-0.25, -0.2) is 8.42 Å². The summed E-state index contributed by atoms with van der Waals surface area (Å²) in [6.07, 6.45) is 1.86. The highest BCUT2D eigenvalue weighted by Gasteiger charge is 2.29. The van der Waals surface area contributed by atoms with Crippen LogP contribution in [0.2, 0.25) is 0 Å². The molecule has 1 aliphatic heterocycles. The molecule has 1 aromatic heterocycles. The van der Waals surface area contributed by atoms with Crippen LogP contribution in [-0.4, -0.2) is 62.8 Å². The topological polar surface area (TPSA) is 69.7 Å². The quantitative estimate of drug-likeness (QED) is 0.639. The minimum atomic E-state index is -3.50. The first kappa shape index (κ1) is 22.9. The summed E-state index contributed by atoms with van der Waals surface area (Å²) < 4.78 is 27.4. The average molecular weight is 450 g/mol. The average Bonchev–Trinajstić information content (AvgIpc) is 3.27. The molecule has 1 amide bonds. The number of amides is 1. The molecule has 1 atom stereocenters. The van der Waals surface area contributed by atoms with Gasteiger partial charge in [0.1, 0.15) is 0 Å². The van der Waals surface area contributed by atoms with Gasteiger partial charge >= 0.3 is 0 Å². The lowest BCUT2D eigenvalue weighted by atomic mass is 9.99. The first-order chi connectivity index (χ1) is 14.4. The van der Waals surface area contributed by atoms with Crippen molar-refractivity contribution in [1.29, 1.82) is 0 Å². The van der Waals surface area contributed by atoms with E-state index in [0.717, 1.165) is 18.4 Å². The normalized spacial score (nSPS) is 17.0. The Hall–Kier alpha value is -1.74. The Labute approximate surface area is 183 Å². The molecule has 1 aromatic carbocycles. The summed E-state index contributed by atoms with van der Waals surface area (Å²) in [5.74, 6) is 0.408. The zero-order valence-corrected chi connectivity index (χ0v) is 19.3. The highest BCUT2D eigenvalue weighted by molar-refractivity contribution is 7.89. The number of carbonyl (C=O) groups is 1. The van der Waals surface area contributed by atoms with Crippen LogP contribution in [0.25, 0.3) is 0 Å². The molecule has 1 aliphatic rings. The molecule has 2 aromatic rings. The number of carbonyl (C=O) groups excluding carboxylic acids is 1. The zero-order chi connectivity index (χ0) is 21.6. The fraction of sp³-hybridized carbons (Fsp3) is 0.500. The van der Waals surface area contributed by atoms with E-state index in [1.807, 2.05) is 28.5 Å². The molecule has 1 saturated heterocycles. The number of sulfonamides is 1. The van der Waals surface area contributed by atoms with Crippen molar-refractivity contribution in [2.75, 3.05) is 39.3 Å². The first-order valence-corrected chi connectivity index (χ1v) is 12.8. The summed E-state index contributed by atoms with van der Waals surface area (Å²) in [7, 11) is -3.50. The molecular weight excluding hydrogens is 418 g/mol. The maximum absolute atomic E-state index is 12.9. The van der Waals surface area contributed by atoms with Crippen LogP contribution in [-0.2, 0) is 21.2 Å². The van der Waals surface area contributed by atoms with Gasteiger partial charge in [-0.15, -0.1) is 11.3 Å². The van der Waals surface area contributed by atoms with E-state index in [0.29, 0.717) is 50.1 Å². The maximum atomic E-state index is 12.9. The Bertz CT molecular complexity index is 904. The summed E-state index contributed by atoms with van der Waals surface area (Å²) >= 11 is 1.69. The molecule has 0 radical (unpaired) electrons. The molecule has 0 aliphatic carbocycles. The molecule has 2 heterocycles. The molecule has 1 N–H and O–H groups in total. The van der Waals surface area contributed by atoms with E-state index >= 15 is 0 Å². The Morgan fingerprint density at radius 2 is 1.83 bits per heavy atom. The summed E-state index contributed by atoms with van der Waals surface area (Å²) in [5, 5.41) is 4.98. The van der Waals surface area contributed by atoms with Gasteiger partial charge in [-0.3, -0.25) is 9.69 Å². The van der Waals surface area contributed by atoms with Crippen LogP contribution in [0.3, 0.4) is 0 Å². The number of hydrogen-bond acceptors (Lipinski definition) is 5. The van der Waals surface area contributed by atoms with Gasteiger partial charge in [0.2, 0.25) is 15.9 Å². The minimum Gasteiger partial charge on any atom is -0.355 e. The van der Waals surface area contributed by atoms with Crippen LogP contribution in [0.15, 0.2) is 46.7 Å². The van der Waals surface area contributed by atoms with E-state index in [-0.39, 0.29) is 5.91 Å². The van der Waals surface area contributed by atoms with E-state index in [4.69, 9.17) is 0 Å². The lowest BCUT2D eigenvalue weighted by molar-refractivity contribution is -0.122. The molecule has 6 nitrogen and oxygen atoms in total. The van der Waals surface area contributed by atoms with Gasteiger partial charge in [-0.05, 0) is 47.9 Å². The lowest BCUT2D eigenvalue weighted by Gasteiger charge is -2.33. The monoisotopic (exact) mass is 449 g/mol. The highest BCUT2D eigenvalue weighted by Crippen LogP contribution is 2.23. The van der Waals surface area contributed by atoms with Crippen LogP contribution in [0.1, 0.15) is 36.6 Å². The second-order valence-corrected chi connectivity index (χ2v) is 10.7. The number of benzene rings is 1. The largest absolute Gasteiger partial charge is 0.355 e. The molecule has 1 fully saturated rings. The third-order valence-electron chi connectivity index (χ3n) is 5.67. The van der Waals surface area contributed by atoms with Gasteiger partial charge in [0.05, 0.1) is 11.4 Å². The third kappa shape index (κ3) is 5.91. The number of rotatable bonds is 9. The number of nitrogens with zero attached hydrogens (tertiary/aromatic N) is 2. The fourth-order valence-corrected chi connectivity index (χ4v) is 5.65. The predicted octanol–water partition coefficient (Wildman–Crippen LogP) is 2.93. The number of hydrogen-bond donors (Lipinski definition) is 1. The standard InChI is InChI=1S/C22H31N3O3S2/c1-3-18(2)19-6-8-21(9-7-19)30(27,28)25-14-12-24(13-15-25)17-22(26)23-11-10-20-5-4-16-29-20/h4-9,16,18H,3,10-15,17H2,1-2H3,(H,23,26). The molecule has 0 saturated carbocycles. The van der Waals surface area contributed by atoms with Crippen molar-refractivity contribution in [3.05, 3.63) is 52.2 Å². The number of piperazine rings is 1. The molecule has 8 heteroatoms. The van der Waals surface area contributed by atoms with Crippen molar-refractivity contribution < 1.29 is 13.2 Å². The molecule has 30 heavy (non-hydrogen) atoms. The molecule has 0 spiro atoms. The molecule has 164 valence electrons. The van der Waals surface area contributed by atoms with Crippen molar-refractivity contribution in [2.45, 2.75) is 37.5 Å². The van der Waals surface area contributed by atoms with Gasteiger partial charge < -0.3 is 5.32 Å². The Morgan fingerprint density at radius 3 is 2.43 bits per heavy atom. The van der Waals surface area contributed by atoms with Crippen molar-refractivity contribution >= 4 is 27.3 Å². The van der Waals surface area contributed by atoms with E-state index in [1.165, 1.54) is 9.18 Å². The van der Waals surface area contributed by atoms with Crippen LogP contribution in [0, 0.1) is 0 Å². The number of nitrogens with one attached hydrogen (secondary N) is 1. The SMILES string of the molecule is CCC(C)c1ccc(S(=O)(=O)N2CCN(CC(=O)NCCc3cccs3)CC2)cc1. The first-order valence-electron chi connectivity index (χ1n) is 10.5. The van der Waals surface area contributed by atoms with Gasteiger partial charge in [-0.2, -0.15) is 4.31 Å². The Balaban J connectivity index is 1.46. The van der Waals surface area contributed by atoms with Crippen LogP contribution >= 0.6 is 11.3 Å². The van der Waals surface area contributed by atoms with Gasteiger partial charge in [-0.1, -0.05) is 32.0 Å². The van der Waals surface area contributed by atoms with E-state index in [9.17, 15) is 13.2 Å². The van der Waals surface area contributed by atoms with E-state index in [1.54, 1.807) is 23.5 Å². The van der Waals surface area contributed by atoms with E-state index in [2.05, 4.69) is 25.2 Å². The second-order valence-electron chi connectivity index (χ2n) is 7.74. The Kier molecular flexibility index (Phi) is 8.05. The summed E-state index contributed by atoms with van der Waals surface area (Å²) in [6.45, 7) is 7.11. The third-order valence-corrected chi connectivity index (χ3v) is 8.52. The van der Waals surface area contributed by atoms with Crippen LogP contribution in [0.4, 0.5) is 0 Å². The predicted molar refractivity (Wildman–Crippen MR) is 121 cm³/mol. The van der Waals surface area contributed by atoms with Crippen molar-refractivity contribution in [3.63, 3.8) is 0 Å². The van der Waals surface area contributed by atoms with Gasteiger partial charge in [0, 0.05) is 37.6 Å². The Morgan fingerprint density at radius 1 is 1.13 bits per heavy atom. The smallest absolute Gasteiger partial charge is 0.243 e. The van der Waals surface area contributed by atoms with E-state index < -0.39 is 10.0 Å².